The second-order valence-corrected chi connectivity index (χ2v) is 6.26. The monoisotopic (exact) mass is 223 g/mol. The summed E-state index contributed by atoms with van der Waals surface area (Å²) >= 11 is 0. The molecule has 5 unspecified atom stereocenters. The summed E-state index contributed by atoms with van der Waals surface area (Å²) in [6, 6.07) is 0. The van der Waals surface area contributed by atoms with Crippen molar-refractivity contribution in [3.8, 4) is 0 Å². The van der Waals surface area contributed by atoms with Crippen LogP contribution < -0.4 is 5.73 Å². The summed E-state index contributed by atoms with van der Waals surface area (Å²) in [4.78, 5) is 0. The Balaban J connectivity index is 2.80. The highest BCUT2D eigenvalue weighted by atomic mass is 14.8. The Morgan fingerprint density at radius 1 is 1.50 bits per heavy atom. The van der Waals surface area contributed by atoms with Gasteiger partial charge in [-0.2, -0.15) is 0 Å². The van der Waals surface area contributed by atoms with Gasteiger partial charge in [0.25, 0.3) is 0 Å². The Kier molecular flexibility index (Phi) is 4.23. The Bertz CT molecular complexity index is 252. The quantitative estimate of drug-likeness (QED) is 0.719. The lowest BCUT2D eigenvalue weighted by atomic mass is 9.61. The van der Waals surface area contributed by atoms with Crippen LogP contribution in [0.3, 0.4) is 0 Å². The molecule has 16 heavy (non-hydrogen) atoms. The van der Waals surface area contributed by atoms with Crippen molar-refractivity contribution in [1.82, 2.24) is 0 Å². The molecule has 0 bridgehead atoms. The van der Waals surface area contributed by atoms with Gasteiger partial charge < -0.3 is 5.73 Å². The molecule has 1 aliphatic carbocycles. The van der Waals surface area contributed by atoms with E-state index in [0.717, 1.165) is 11.8 Å². The fraction of sp³-hybridized carbons (Fsp3) is 0.867. The van der Waals surface area contributed by atoms with Crippen molar-refractivity contribution in [2.45, 2.75) is 59.4 Å². The maximum Gasteiger partial charge on any atom is 0.0369 e. The number of hydrogen-bond acceptors (Lipinski definition) is 1. The lowest BCUT2D eigenvalue weighted by Crippen LogP contribution is -2.52. The lowest BCUT2D eigenvalue weighted by molar-refractivity contribution is 0.157. The summed E-state index contributed by atoms with van der Waals surface area (Å²) in [6.45, 7) is 15.7. The molecule has 0 saturated heterocycles. The minimum Gasteiger partial charge on any atom is -0.322 e. The SMILES string of the molecule is C=C1C(C)C(C)CC(CC(C)CC)C1(C)N. The highest BCUT2D eigenvalue weighted by molar-refractivity contribution is 5.22. The molecule has 94 valence electrons. The van der Waals surface area contributed by atoms with Gasteiger partial charge in [-0.05, 0) is 43.4 Å². The largest absolute Gasteiger partial charge is 0.322 e. The number of rotatable bonds is 3. The summed E-state index contributed by atoms with van der Waals surface area (Å²) in [5.74, 6) is 2.70. The molecule has 5 atom stereocenters. The van der Waals surface area contributed by atoms with Crippen LogP contribution in [0, 0.1) is 23.7 Å². The van der Waals surface area contributed by atoms with Gasteiger partial charge in [0, 0.05) is 5.54 Å². The van der Waals surface area contributed by atoms with Crippen LogP contribution >= 0.6 is 0 Å². The molecule has 1 rings (SSSR count). The van der Waals surface area contributed by atoms with E-state index in [2.05, 4.69) is 41.2 Å². The van der Waals surface area contributed by atoms with Gasteiger partial charge in [0.05, 0.1) is 0 Å². The molecule has 0 radical (unpaired) electrons. The molecular formula is C15H29N. The Morgan fingerprint density at radius 3 is 2.56 bits per heavy atom. The molecule has 0 spiro atoms. The van der Waals surface area contributed by atoms with Crippen LogP contribution in [0.5, 0.6) is 0 Å². The zero-order chi connectivity index (χ0) is 12.5. The molecule has 0 aliphatic heterocycles. The molecule has 1 heteroatoms. The minimum atomic E-state index is -0.157. The van der Waals surface area contributed by atoms with E-state index in [0.29, 0.717) is 11.8 Å². The van der Waals surface area contributed by atoms with Crippen LogP contribution in [0.1, 0.15) is 53.9 Å². The van der Waals surface area contributed by atoms with Gasteiger partial charge in [-0.1, -0.05) is 46.3 Å². The van der Waals surface area contributed by atoms with Gasteiger partial charge in [-0.15, -0.1) is 0 Å². The average molecular weight is 223 g/mol. The van der Waals surface area contributed by atoms with Crippen molar-refractivity contribution in [1.29, 1.82) is 0 Å². The van der Waals surface area contributed by atoms with Gasteiger partial charge in [0.2, 0.25) is 0 Å². The van der Waals surface area contributed by atoms with Crippen LogP contribution in [0.15, 0.2) is 12.2 Å². The molecule has 1 saturated carbocycles. The predicted octanol–water partition coefficient (Wildman–Crippen LogP) is 3.99. The fourth-order valence-electron chi connectivity index (χ4n) is 2.99. The summed E-state index contributed by atoms with van der Waals surface area (Å²) in [7, 11) is 0. The van der Waals surface area contributed by atoms with E-state index >= 15 is 0 Å². The summed E-state index contributed by atoms with van der Waals surface area (Å²) in [5.41, 5.74) is 7.63. The summed E-state index contributed by atoms with van der Waals surface area (Å²) < 4.78 is 0. The Morgan fingerprint density at radius 2 is 2.06 bits per heavy atom. The van der Waals surface area contributed by atoms with E-state index in [4.69, 9.17) is 5.73 Å². The second kappa shape index (κ2) is 4.91. The van der Waals surface area contributed by atoms with Crippen LogP contribution in [0.2, 0.25) is 0 Å². The molecule has 0 aromatic carbocycles. The summed E-state index contributed by atoms with van der Waals surface area (Å²) in [6.07, 6.45) is 3.76. The van der Waals surface area contributed by atoms with E-state index in [9.17, 15) is 0 Å². The lowest BCUT2D eigenvalue weighted by Gasteiger charge is -2.47. The molecule has 0 amide bonds. The first-order valence-corrected chi connectivity index (χ1v) is 6.78. The van der Waals surface area contributed by atoms with Crippen molar-refractivity contribution >= 4 is 0 Å². The molecule has 1 aliphatic rings. The van der Waals surface area contributed by atoms with Crippen LogP contribution in [-0.2, 0) is 0 Å². The third kappa shape index (κ3) is 2.51. The van der Waals surface area contributed by atoms with E-state index in [1.807, 2.05) is 0 Å². The third-order valence-electron chi connectivity index (χ3n) is 4.98. The van der Waals surface area contributed by atoms with E-state index in [-0.39, 0.29) is 5.54 Å². The van der Waals surface area contributed by atoms with Gasteiger partial charge in [-0.3, -0.25) is 0 Å². The van der Waals surface area contributed by atoms with Gasteiger partial charge >= 0.3 is 0 Å². The topological polar surface area (TPSA) is 26.0 Å². The Labute approximate surface area is 101 Å². The second-order valence-electron chi connectivity index (χ2n) is 6.26. The number of hydrogen-bond donors (Lipinski definition) is 1. The molecule has 0 aromatic rings. The molecule has 2 N–H and O–H groups in total. The van der Waals surface area contributed by atoms with E-state index < -0.39 is 0 Å². The standard InChI is InChI=1S/C15H29N/c1-7-10(2)8-14-9-11(3)12(4)13(5)15(14,6)16/h10-12,14H,5,7-9,16H2,1-4,6H3. The van der Waals surface area contributed by atoms with Crippen LogP contribution in [-0.4, -0.2) is 5.54 Å². The Hall–Kier alpha value is -0.300. The van der Waals surface area contributed by atoms with Gasteiger partial charge in [0.1, 0.15) is 0 Å². The van der Waals surface area contributed by atoms with E-state index in [1.54, 1.807) is 0 Å². The van der Waals surface area contributed by atoms with Gasteiger partial charge in [0.15, 0.2) is 0 Å². The maximum atomic E-state index is 6.52. The zero-order valence-corrected chi connectivity index (χ0v) is 11.7. The van der Waals surface area contributed by atoms with Crippen molar-refractivity contribution in [2.24, 2.45) is 29.4 Å². The van der Waals surface area contributed by atoms with Crippen LogP contribution in [0.4, 0.5) is 0 Å². The predicted molar refractivity (Wildman–Crippen MR) is 72.2 cm³/mol. The molecule has 1 nitrogen and oxygen atoms in total. The maximum absolute atomic E-state index is 6.52. The third-order valence-corrected chi connectivity index (χ3v) is 4.98. The first kappa shape index (κ1) is 13.8. The molecular weight excluding hydrogens is 194 g/mol. The molecule has 0 aromatic heterocycles. The van der Waals surface area contributed by atoms with Crippen LogP contribution in [0.25, 0.3) is 0 Å². The van der Waals surface area contributed by atoms with E-state index in [1.165, 1.54) is 24.8 Å². The normalized spacial score (nSPS) is 42.1. The zero-order valence-electron chi connectivity index (χ0n) is 11.7. The van der Waals surface area contributed by atoms with Crippen molar-refractivity contribution < 1.29 is 0 Å². The van der Waals surface area contributed by atoms with Crippen molar-refractivity contribution in [3.63, 3.8) is 0 Å². The van der Waals surface area contributed by atoms with Gasteiger partial charge in [-0.25, -0.2) is 0 Å². The molecule has 0 heterocycles. The highest BCUT2D eigenvalue weighted by Gasteiger charge is 2.42. The first-order valence-electron chi connectivity index (χ1n) is 6.78. The fourth-order valence-corrected chi connectivity index (χ4v) is 2.99. The minimum absolute atomic E-state index is 0.157. The van der Waals surface area contributed by atoms with Crippen molar-refractivity contribution in [2.75, 3.05) is 0 Å². The highest BCUT2D eigenvalue weighted by Crippen LogP contribution is 2.44. The molecule has 1 fully saturated rings. The average Bonchev–Trinajstić information content (AvgIpc) is 2.23. The van der Waals surface area contributed by atoms with Crippen molar-refractivity contribution in [3.05, 3.63) is 12.2 Å². The number of nitrogens with two attached hydrogens (primary N) is 1. The smallest absolute Gasteiger partial charge is 0.0369 e. The first-order chi connectivity index (χ1) is 7.30. The summed E-state index contributed by atoms with van der Waals surface area (Å²) in [5, 5.41) is 0.